The lowest BCUT2D eigenvalue weighted by Crippen LogP contribution is -2.55. The van der Waals surface area contributed by atoms with Crippen molar-refractivity contribution in [3.63, 3.8) is 0 Å². The van der Waals surface area contributed by atoms with Gasteiger partial charge in [0.1, 0.15) is 18.0 Å². The number of carbonyl (C=O) groups is 2. The van der Waals surface area contributed by atoms with E-state index in [9.17, 15) is 14.0 Å². The first-order chi connectivity index (χ1) is 12.8. The molecule has 1 unspecified atom stereocenters. The molecule has 7 heteroatoms. The second kappa shape index (κ2) is 7.56. The summed E-state index contributed by atoms with van der Waals surface area (Å²) < 4.78 is 24.5. The fourth-order valence-corrected chi connectivity index (χ4v) is 3.71. The predicted molar refractivity (Wildman–Crippen MR) is 99.0 cm³/mol. The van der Waals surface area contributed by atoms with Crippen LogP contribution >= 0.6 is 0 Å². The van der Waals surface area contributed by atoms with Gasteiger partial charge in [-0.2, -0.15) is 0 Å². The lowest BCUT2D eigenvalue weighted by molar-refractivity contribution is -0.151. The van der Waals surface area contributed by atoms with Crippen LogP contribution in [0.25, 0.3) is 0 Å². The molecule has 2 amide bonds. The van der Waals surface area contributed by atoms with E-state index in [4.69, 9.17) is 9.47 Å². The molecule has 0 N–H and O–H groups in total. The van der Waals surface area contributed by atoms with Gasteiger partial charge >= 0.3 is 0 Å². The van der Waals surface area contributed by atoms with E-state index < -0.39 is 11.2 Å². The highest BCUT2D eigenvalue weighted by Crippen LogP contribution is 2.33. The maximum atomic E-state index is 13.2. The van der Waals surface area contributed by atoms with Crippen molar-refractivity contribution >= 4 is 17.5 Å². The molecule has 2 aliphatic heterocycles. The molecule has 0 radical (unpaired) electrons. The minimum absolute atomic E-state index is 0.00507. The Morgan fingerprint density at radius 3 is 2.59 bits per heavy atom. The fourth-order valence-electron chi connectivity index (χ4n) is 3.71. The Balaban J connectivity index is 1.73. The largest absolute Gasteiger partial charge is 0.369 e. The highest BCUT2D eigenvalue weighted by molar-refractivity contribution is 5.95. The average molecular weight is 378 g/mol. The minimum atomic E-state index is -0.860. The molecule has 1 aromatic rings. The number of anilines is 1. The zero-order chi connectivity index (χ0) is 19.7. The number of amides is 2. The van der Waals surface area contributed by atoms with Crippen LogP contribution in [0.5, 0.6) is 0 Å². The van der Waals surface area contributed by atoms with Gasteiger partial charge in [0.05, 0.1) is 12.1 Å². The van der Waals surface area contributed by atoms with E-state index in [0.29, 0.717) is 31.7 Å². The van der Waals surface area contributed by atoms with Crippen LogP contribution in [-0.2, 0) is 19.1 Å². The van der Waals surface area contributed by atoms with Gasteiger partial charge in [-0.25, -0.2) is 4.39 Å². The second-order valence-corrected chi connectivity index (χ2v) is 7.79. The van der Waals surface area contributed by atoms with Crippen molar-refractivity contribution in [1.29, 1.82) is 0 Å². The van der Waals surface area contributed by atoms with E-state index in [2.05, 4.69) is 0 Å². The first-order valence-electron chi connectivity index (χ1n) is 9.31. The van der Waals surface area contributed by atoms with E-state index >= 15 is 0 Å². The Morgan fingerprint density at radius 2 is 1.93 bits per heavy atom. The van der Waals surface area contributed by atoms with Crippen LogP contribution < -0.4 is 4.90 Å². The number of hydrogen-bond acceptors (Lipinski definition) is 4. The Morgan fingerprint density at radius 1 is 1.22 bits per heavy atom. The molecule has 1 aromatic carbocycles. The molecule has 1 spiro atoms. The lowest BCUT2D eigenvalue weighted by atomic mass is 9.92. The van der Waals surface area contributed by atoms with Crippen LogP contribution in [0.1, 0.15) is 33.1 Å². The van der Waals surface area contributed by atoms with Gasteiger partial charge in [-0.15, -0.1) is 0 Å². The van der Waals surface area contributed by atoms with Crippen LogP contribution in [0.4, 0.5) is 10.1 Å². The third-order valence-electron chi connectivity index (χ3n) is 5.60. The number of ether oxygens (including phenoxy) is 2. The Labute approximate surface area is 159 Å². The molecule has 27 heavy (non-hydrogen) atoms. The number of nitrogens with zero attached hydrogens (tertiary/aromatic N) is 2. The molecule has 1 atom stereocenters. The summed E-state index contributed by atoms with van der Waals surface area (Å²) in [6, 6.07) is 5.93. The molecule has 0 saturated carbocycles. The summed E-state index contributed by atoms with van der Waals surface area (Å²) in [5, 5.41) is 0. The molecule has 148 valence electrons. The average Bonchev–Trinajstić information content (AvgIpc) is 2.87. The summed E-state index contributed by atoms with van der Waals surface area (Å²) in [5.74, 6) is -0.507. The van der Waals surface area contributed by atoms with E-state index in [-0.39, 0.29) is 24.2 Å². The van der Waals surface area contributed by atoms with E-state index in [1.54, 1.807) is 30.9 Å². The Bertz CT molecular complexity index is 706. The van der Waals surface area contributed by atoms with Gasteiger partial charge in [-0.05, 0) is 57.4 Å². The highest BCUT2D eigenvalue weighted by Gasteiger charge is 2.43. The van der Waals surface area contributed by atoms with Crippen LogP contribution in [0, 0.1) is 5.82 Å². The molecule has 3 rings (SSSR count). The smallest absolute Gasteiger partial charge is 0.254 e. The summed E-state index contributed by atoms with van der Waals surface area (Å²) in [7, 11) is 1.54. The van der Waals surface area contributed by atoms with Crippen molar-refractivity contribution in [2.75, 3.05) is 38.3 Å². The number of methoxy groups -OCH3 is 1. The molecular weight excluding hydrogens is 351 g/mol. The summed E-state index contributed by atoms with van der Waals surface area (Å²) in [6.07, 6.45) is 2.19. The number of rotatable bonds is 3. The Hall–Kier alpha value is -1.99. The predicted octanol–water partition coefficient (Wildman–Crippen LogP) is 2.37. The summed E-state index contributed by atoms with van der Waals surface area (Å²) in [4.78, 5) is 28.6. The Kier molecular flexibility index (Phi) is 5.53. The summed E-state index contributed by atoms with van der Waals surface area (Å²) >= 11 is 0. The number of likely N-dealkylation sites (tertiary alicyclic amines) is 1. The normalized spacial score (nSPS) is 24.2. The number of morpholine rings is 1. The van der Waals surface area contributed by atoms with Crippen molar-refractivity contribution in [3.05, 3.63) is 30.1 Å². The van der Waals surface area contributed by atoms with Gasteiger partial charge in [0.15, 0.2) is 0 Å². The van der Waals surface area contributed by atoms with E-state index in [1.165, 1.54) is 19.2 Å². The van der Waals surface area contributed by atoms with Crippen LogP contribution in [-0.4, -0.2) is 61.3 Å². The van der Waals surface area contributed by atoms with Crippen molar-refractivity contribution in [3.8, 4) is 0 Å². The van der Waals surface area contributed by atoms with Gasteiger partial charge < -0.3 is 19.3 Å². The zero-order valence-corrected chi connectivity index (χ0v) is 16.2. The maximum Gasteiger partial charge on any atom is 0.254 e. The molecule has 2 saturated heterocycles. The van der Waals surface area contributed by atoms with Crippen LogP contribution in [0.3, 0.4) is 0 Å². The van der Waals surface area contributed by atoms with Gasteiger partial charge in [0.2, 0.25) is 0 Å². The standard InChI is InChI=1S/C20H27FN2O4/c1-19(2,26-3)18(25)22-11-4-9-20(10-12-22)14-23(17(24)13-27-20)16-7-5-15(21)6-8-16/h5-8H,4,9-14H2,1-3H3. The monoisotopic (exact) mass is 378 g/mol. The van der Waals surface area contributed by atoms with E-state index in [0.717, 1.165) is 12.8 Å². The molecule has 2 heterocycles. The summed E-state index contributed by atoms with van der Waals surface area (Å²) in [6.45, 7) is 5.13. The van der Waals surface area contributed by atoms with Crippen molar-refractivity contribution < 1.29 is 23.5 Å². The second-order valence-electron chi connectivity index (χ2n) is 7.79. The number of hydrogen-bond donors (Lipinski definition) is 0. The van der Waals surface area contributed by atoms with Crippen molar-refractivity contribution in [2.45, 2.75) is 44.3 Å². The van der Waals surface area contributed by atoms with Crippen LogP contribution in [0.15, 0.2) is 24.3 Å². The molecule has 0 aromatic heterocycles. The van der Waals surface area contributed by atoms with Crippen LogP contribution in [0.2, 0.25) is 0 Å². The van der Waals surface area contributed by atoms with Gasteiger partial charge in [-0.3, -0.25) is 9.59 Å². The summed E-state index contributed by atoms with van der Waals surface area (Å²) in [5.41, 5.74) is -0.683. The van der Waals surface area contributed by atoms with Gasteiger partial charge in [0, 0.05) is 25.9 Å². The van der Waals surface area contributed by atoms with Crippen molar-refractivity contribution in [1.82, 2.24) is 4.90 Å². The number of carbonyl (C=O) groups excluding carboxylic acids is 2. The minimum Gasteiger partial charge on any atom is -0.369 e. The molecular formula is C20H27FN2O4. The SMILES string of the molecule is COC(C)(C)C(=O)N1CCCC2(CC1)CN(c1ccc(F)cc1)C(=O)CO2. The first kappa shape index (κ1) is 19.8. The molecule has 2 aliphatic rings. The molecule has 2 fully saturated rings. The number of benzene rings is 1. The topological polar surface area (TPSA) is 59.1 Å². The first-order valence-corrected chi connectivity index (χ1v) is 9.31. The maximum absolute atomic E-state index is 13.2. The third kappa shape index (κ3) is 4.14. The molecule has 6 nitrogen and oxygen atoms in total. The highest BCUT2D eigenvalue weighted by atomic mass is 19.1. The third-order valence-corrected chi connectivity index (χ3v) is 5.60. The lowest BCUT2D eigenvalue weighted by Gasteiger charge is -2.42. The fraction of sp³-hybridized carbons (Fsp3) is 0.600. The number of halogens is 1. The van der Waals surface area contributed by atoms with Gasteiger partial charge in [-0.1, -0.05) is 0 Å². The quantitative estimate of drug-likeness (QED) is 0.810. The van der Waals surface area contributed by atoms with Crippen molar-refractivity contribution in [2.24, 2.45) is 0 Å². The molecule has 0 aliphatic carbocycles. The zero-order valence-electron chi connectivity index (χ0n) is 16.2. The van der Waals surface area contributed by atoms with Gasteiger partial charge in [0.25, 0.3) is 11.8 Å². The van der Waals surface area contributed by atoms with E-state index in [1.807, 2.05) is 4.90 Å². The molecule has 0 bridgehead atoms.